The number of carbonyl (C=O) groups excluding carboxylic acids is 2. The van der Waals surface area contributed by atoms with Crippen molar-refractivity contribution in [1.82, 2.24) is 15.1 Å². The van der Waals surface area contributed by atoms with Gasteiger partial charge in [-0.15, -0.1) is 0 Å². The number of nitrogens with zero attached hydrogens (tertiary/aromatic N) is 2. The average Bonchev–Trinajstić information content (AvgIpc) is 3.14. The third kappa shape index (κ3) is 4.15. The van der Waals surface area contributed by atoms with Crippen molar-refractivity contribution in [3.63, 3.8) is 0 Å². The summed E-state index contributed by atoms with van der Waals surface area (Å²) in [6.07, 6.45) is -0.0839. The highest BCUT2D eigenvalue weighted by Gasteiger charge is 2.25. The quantitative estimate of drug-likeness (QED) is 0.471. The summed E-state index contributed by atoms with van der Waals surface area (Å²) < 4.78 is 12.0. The Morgan fingerprint density at radius 3 is 2.41 bits per heavy atom. The zero-order valence-corrected chi connectivity index (χ0v) is 17.6. The number of hydrogen-bond donors (Lipinski definition) is 1. The van der Waals surface area contributed by atoms with E-state index >= 15 is 0 Å². The number of rotatable bonds is 6. The lowest BCUT2D eigenvalue weighted by molar-refractivity contribution is -0.142. The number of fused-ring (bicyclic) bond motifs is 1. The summed E-state index contributed by atoms with van der Waals surface area (Å²) in [4.78, 5) is 37.6. The Morgan fingerprint density at radius 2 is 1.75 bits per heavy atom. The molecule has 32 heavy (non-hydrogen) atoms. The van der Waals surface area contributed by atoms with E-state index < -0.39 is 23.5 Å². The third-order valence-corrected chi connectivity index (χ3v) is 5.08. The molecule has 0 saturated carbocycles. The Kier molecular flexibility index (Phi) is 5.85. The first-order valence-electron chi connectivity index (χ1n) is 9.99. The van der Waals surface area contributed by atoms with Crippen molar-refractivity contribution in [3.05, 3.63) is 94.0 Å². The van der Waals surface area contributed by atoms with Gasteiger partial charge in [0.1, 0.15) is 6.04 Å². The molecule has 0 aliphatic carbocycles. The minimum atomic E-state index is -1.06. The summed E-state index contributed by atoms with van der Waals surface area (Å²) in [5.74, 6) is -1.11. The maximum Gasteiger partial charge on any atom is 0.340 e. The van der Waals surface area contributed by atoms with Gasteiger partial charge in [0.2, 0.25) is 5.71 Å². The normalized spacial score (nSPS) is 11.8. The van der Waals surface area contributed by atoms with E-state index in [1.807, 2.05) is 30.3 Å². The molecule has 1 atom stereocenters. The Balaban J connectivity index is 1.68. The molecule has 0 radical (unpaired) electrons. The highest BCUT2D eigenvalue weighted by Crippen LogP contribution is 2.22. The van der Waals surface area contributed by atoms with Gasteiger partial charge in [0.05, 0.1) is 23.9 Å². The van der Waals surface area contributed by atoms with E-state index in [1.165, 1.54) is 7.11 Å². The van der Waals surface area contributed by atoms with Crippen LogP contribution in [0.5, 0.6) is 0 Å². The van der Waals surface area contributed by atoms with Crippen LogP contribution in [-0.4, -0.2) is 34.8 Å². The van der Waals surface area contributed by atoms with E-state index in [0.29, 0.717) is 22.4 Å². The van der Waals surface area contributed by atoms with Gasteiger partial charge in [0.25, 0.3) is 5.91 Å². The predicted molar refractivity (Wildman–Crippen MR) is 118 cm³/mol. The van der Waals surface area contributed by atoms with Crippen molar-refractivity contribution in [2.75, 3.05) is 7.11 Å². The Bertz CT molecular complexity index is 1330. The van der Waals surface area contributed by atoms with Crippen molar-refractivity contribution in [3.8, 4) is 5.69 Å². The topological polar surface area (TPSA) is 103 Å². The van der Waals surface area contributed by atoms with Gasteiger partial charge in [-0.3, -0.25) is 4.79 Å². The molecule has 2 heterocycles. The number of para-hydroxylation sites is 1. The van der Waals surface area contributed by atoms with Crippen LogP contribution in [0, 0.1) is 6.92 Å². The van der Waals surface area contributed by atoms with Crippen molar-refractivity contribution in [2.45, 2.75) is 19.4 Å². The van der Waals surface area contributed by atoms with Gasteiger partial charge >= 0.3 is 11.6 Å². The minimum absolute atomic E-state index is 0.0839. The average molecular weight is 431 g/mol. The molecule has 0 saturated heterocycles. The van der Waals surface area contributed by atoms with Crippen LogP contribution < -0.4 is 10.9 Å². The summed E-state index contributed by atoms with van der Waals surface area (Å²) in [6, 6.07) is 18.4. The van der Waals surface area contributed by atoms with Crippen LogP contribution in [0.1, 0.15) is 21.6 Å². The SMILES string of the molecule is COC(=O)[C@H](Cc1cc2c(C)nn(-c3ccccc3)c2oc1=O)NC(=O)c1ccccc1. The molecule has 0 aliphatic heterocycles. The van der Waals surface area contributed by atoms with Gasteiger partial charge in [-0.05, 0) is 37.3 Å². The lowest BCUT2D eigenvalue weighted by atomic mass is 10.1. The monoisotopic (exact) mass is 431 g/mol. The highest BCUT2D eigenvalue weighted by molar-refractivity contribution is 5.96. The number of esters is 1. The fraction of sp³-hybridized carbons (Fsp3) is 0.167. The fourth-order valence-electron chi connectivity index (χ4n) is 3.44. The van der Waals surface area contributed by atoms with Gasteiger partial charge < -0.3 is 14.5 Å². The molecular formula is C24H21N3O5. The Labute approximate surface area is 183 Å². The maximum atomic E-state index is 12.8. The van der Waals surface area contributed by atoms with E-state index in [2.05, 4.69) is 10.4 Å². The smallest absolute Gasteiger partial charge is 0.340 e. The van der Waals surface area contributed by atoms with Crippen LogP contribution in [0.25, 0.3) is 16.8 Å². The maximum absolute atomic E-state index is 12.8. The van der Waals surface area contributed by atoms with Crippen molar-refractivity contribution in [2.24, 2.45) is 0 Å². The van der Waals surface area contributed by atoms with E-state index in [0.717, 1.165) is 5.69 Å². The summed E-state index contributed by atoms with van der Waals surface area (Å²) in [5.41, 5.74) is 1.74. The van der Waals surface area contributed by atoms with Gasteiger partial charge in [0.15, 0.2) is 0 Å². The molecule has 2 aromatic carbocycles. The van der Waals surface area contributed by atoms with Crippen LogP contribution >= 0.6 is 0 Å². The van der Waals surface area contributed by atoms with Crippen LogP contribution in [0.2, 0.25) is 0 Å². The molecular weight excluding hydrogens is 410 g/mol. The molecule has 1 N–H and O–H groups in total. The van der Waals surface area contributed by atoms with E-state index in [-0.39, 0.29) is 12.0 Å². The number of nitrogens with one attached hydrogen (secondary N) is 1. The number of ether oxygens (including phenoxy) is 1. The van der Waals surface area contributed by atoms with Crippen molar-refractivity contribution < 1.29 is 18.7 Å². The number of aryl methyl sites for hydroxylation is 1. The van der Waals surface area contributed by atoms with Gasteiger partial charge in [-0.25, -0.2) is 9.59 Å². The molecule has 8 heteroatoms. The molecule has 0 fully saturated rings. The number of methoxy groups -OCH3 is 1. The van der Waals surface area contributed by atoms with Crippen LogP contribution in [0.4, 0.5) is 0 Å². The predicted octanol–water partition coefficient (Wildman–Crippen LogP) is 2.80. The summed E-state index contributed by atoms with van der Waals surface area (Å²) in [7, 11) is 1.23. The summed E-state index contributed by atoms with van der Waals surface area (Å²) >= 11 is 0. The number of hydrogen-bond acceptors (Lipinski definition) is 6. The van der Waals surface area contributed by atoms with Gasteiger partial charge in [-0.1, -0.05) is 36.4 Å². The first kappa shape index (κ1) is 21.0. The Morgan fingerprint density at radius 1 is 1.09 bits per heavy atom. The number of amides is 1. The second-order valence-corrected chi connectivity index (χ2v) is 7.23. The highest BCUT2D eigenvalue weighted by atomic mass is 16.5. The molecule has 162 valence electrons. The van der Waals surface area contributed by atoms with E-state index in [9.17, 15) is 14.4 Å². The summed E-state index contributed by atoms with van der Waals surface area (Å²) in [6.45, 7) is 1.81. The molecule has 0 bridgehead atoms. The molecule has 0 unspecified atom stereocenters. The van der Waals surface area contributed by atoms with Crippen LogP contribution in [-0.2, 0) is 16.0 Å². The van der Waals surface area contributed by atoms with E-state index in [1.54, 1.807) is 48.0 Å². The summed E-state index contributed by atoms with van der Waals surface area (Å²) in [5, 5.41) is 7.76. The van der Waals surface area contributed by atoms with Crippen molar-refractivity contribution in [1.29, 1.82) is 0 Å². The zero-order chi connectivity index (χ0) is 22.7. The largest absolute Gasteiger partial charge is 0.467 e. The third-order valence-electron chi connectivity index (χ3n) is 5.08. The second-order valence-electron chi connectivity index (χ2n) is 7.23. The molecule has 2 aromatic heterocycles. The first-order valence-corrected chi connectivity index (χ1v) is 9.99. The first-order chi connectivity index (χ1) is 15.5. The lowest BCUT2D eigenvalue weighted by Crippen LogP contribution is -2.43. The molecule has 0 aliphatic rings. The van der Waals surface area contributed by atoms with E-state index in [4.69, 9.17) is 9.15 Å². The number of aromatic nitrogens is 2. The second kappa shape index (κ2) is 8.89. The van der Waals surface area contributed by atoms with Crippen molar-refractivity contribution >= 4 is 23.0 Å². The van der Waals surface area contributed by atoms with Crippen LogP contribution in [0.15, 0.2) is 75.9 Å². The Hall–Kier alpha value is -4.20. The molecule has 8 nitrogen and oxygen atoms in total. The minimum Gasteiger partial charge on any atom is -0.467 e. The van der Waals surface area contributed by atoms with Gasteiger partial charge in [0, 0.05) is 17.5 Å². The molecule has 4 rings (SSSR count). The molecule has 4 aromatic rings. The molecule has 1 amide bonds. The van der Waals surface area contributed by atoms with Crippen LogP contribution in [0.3, 0.4) is 0 Å². The standard InChI is InChI=1S/C24H21N3O5/c1-15-19-13-17(23(29)32-22(19)27(26-15)18-11-7-4-8-12-18)14-20(24(30)31-2)25-21(28)16-9-5-3-6-10-16/h3-13,20H,14H2,1-2H3,(H,25,28)/t20-/m0/s1. The molecule has 0 spiro atoms. The fourth-order valence-corrected chi connectivity index (χ4v) is 3.44. The number of carbonyl (C=O) groups is 2. The van der Waals surface area contributed by atoms with Gasteiger partial charge in [-0.2, -0.15) is 9.78 Å². The lowest BCUT2D eigenvalue weighted by Gasteiger charge is -2.16. The number of benzene rings is 2. The zero-order valence-electron chi connectivity index (χ0n) is 17.6.